The van der Waals surface area contributed by atoms with Gasteiger partial charge in [-0.2, -0.15) is 0 Å². The molecule has 0 saturated carbocycles. The Kier molecular flexibility index (Phi) is 5.75. The molecule has 0 atom stereocenters. The summed E-state index contributed by atoms with van der Waals surface area (Å²) >= 11 is 0. The lowest BCUT2D eigenvalue weighted by atomic mass is 9.90. The molecule has 1 aliphatic rings. The molecule has 0 bridgehead atoms. The van der Waals surface area contributed by atoms with Gasteiger partial charge in [-0.05, 0) is 82.5 Å². The van der Waals surface area contributed by atoms with Gasteiger partial charge in [0.2, 0.25) is 0 Å². The van der Waals surface area contributed by atoms with E-state index in [-0.39, 0.29) is 0 Å². The smallest absolute Gasteiger partial charge is 0.118 e. The molecule has 130 valence electrons. The first kappa shape index (κ1) is 17.2. The van der Waals surface area contributed by atoms with Crippen LogP contribution in [-0.4, -0.2) is 37.0 Å². The van der Waals surface area contributed by atoms with Gasteiger partial charge < -0.3 is 9.32 Å². The lowest BCUT2D eigenvalue weighted by Gasteiger charge is -2.31. The molecule has 0 amide bonds. The number of benzene rings is 1. The Morgan fingerprint density at radius 3 is 2.25 bits per heavy atom. The topological polar surface area (TPSA) is 19.6 Å². The normalized spacial score (nSPS) is 16.8. The SMILES string of the molecule is Cc1ccc(CN2CCC(Cc3ccc(CN(C)C)cc3)CC2)o1. The van der Waals surface area contributed by atoms with E-state index in [0.29, 0.717) is 0 Å². The number of furan rings is 1. The van der Waals surface area contributed by atoms with E-state index >= 15 is 0 Å². The summed E-state index contributed by atoms with van der Waals surface area (Å²) in [5.74, 6) is 2.93. The third kappa shape index (κ3) is 4.96. The second-order valence-electron chi connectivity index (χ2n) is 7.49. The summed E-state index contributed by atoms with van der Waals surface area (Å²) in [5, 5.41) is 0. The van der Waals surface area contributed by atoms with Gasteiger partial charge in [0.1, 0.15) is 11.5 Å². The third-order valence-electron chi connectivity index (χ3n) is 4.93. The van der Waals surface area contributed by atoms with Crippen molar-refractivity contribution in [1.82, 2.24) is 9.80 Å². The van der Waals surface area contributed by atoms with Gasteiger partial charge in [-0.15, -0.1) is 0 Å². The maximum atomic E-state index is 5.70. The van der Waals surface area contributed by atoms with Crippen molar-refractivity contribution < 1.29 is 4.42 Å². The molecule has 1 aromatic heterocycles. The van der Waals surface area contributed by atoms with Gasteiger partial charge >= 0.3 is 0 Å². The summed E-state index contributed by atoms with van der Waals surface area (Å²) in [6.45, 7) is 6.36. The molecule has 0 unspecified atom stereocenters. The van der Waals surface area contributed by atoms with E-state index < -0.39 is 0 Å². The van der Waals surface area contributed by atoms with E-state index in [4.69, 9.17) is 4.42 Å². The molecule has 2 aromatic rings. The Bertz CT molecular complexity index is 622. The van der Waals surface area contributed by atoms with Gasteiger partial charge in [0.25, 0.3) is 0 Å². The predicted octanol–water partition coefficient (Wildman–Crippen LogP) is 4.10. The zero-order chi connectivity index (χ0) is 16.9. The Hall–Kier alpha value is -1.58. The number of rotatable bonds is 6. The summed E-state index contributed by atoms with van der Waals surface area (Å²) in [5.41, 5.74) is 2.88. The van der Waals surface area contributed by atoms with E-state index in [1.165, 1.54) is 43.5 Å². The molecular weight excluding hydrogens is 296 g/mol. The Labute approximate surface area is 146 Å². The van der Waals surface area contributed by atoms with Crippen LogP contribution in [0.2, 0.25) is 0 Å². The van der Waals surface area contributed by atoms with Gasteiger partial charge in [-0.1, -0.05) is 24.3 Å². The van der Waals surface area contributed by atoms with Crippen LogP contribution in [0, 0.1) is 12.8 Å². The van der Waals surface area contributed by atoms with Gasteiger partial charge in [0.15, 0.2) is 0 Å². The van der Waals surface area contributed by atoms with Crippen molar-refractivity contribution in [3.63, 3.8) is 0 Å². The first-order valence-electron chi connectivity index (χ1n) is 9.09. The number of aryl methyl sites for hydroxylation is 1. The lowest BCUT2D eigenvalue weighted by molar-refractivity contribution is 0.165. The fourth-order valence-corrected chi connectivity index (χ4v) is 3.62. The average molecular weight is 326 g/mol. The maximum Gasteiger partial charge on any atom is 0.118 e. The molecule has 3 heteroatoms. The van der Waals surface area contributed by atoms with Crippen LogP contribution in [0.1, 0.15) is 35.5 Å². The molecule has 1 saturated heterocycles. The Morgan fingerprint density at radius 2 is 1.67 bits per heavy atom. The summed E-state index contributed by atoms with van der Waals surface area (Å²) < 4.78 is 5.70. The van der Waals surface area contributed by atoms with Crippen molar-refractivity contribution in [3.05, 3.63) is 59.0 Å². The molecule has 2 heterocycles. The van der Waals surface area contributed by atoms with E-state index in [1.54, 1.807) is 0 Å². The highest BCUT2D eigenvalue weighted by Crippen LogP contribution is 2.23. The Morgan fingerprint density at radius 1 is 1.00 bits per heavy atom. The molecule has 0 N–H and O–H groups in total. The molecule has 1 aromatic carbocycles. The highest BCUT2D eigenvalue weighted by molar-refractivity contribution is 5.23. The zero-order valence-corrected chi connectivity index (χ0v) is 15.3. The first-order valence-corrected chi connectivity index (χ1v) is 9.09. The average Bonchev–Trinajstić information content (AvgIpc) is 2.96. The lowest BCUT2D eigenvalue weighted by Crippen LogP contribution is -2.33. The van der Waals surface area contributed by atoms with E-state index in [1.807, 2.05) is 6.92 Å². The number of nitrogens with zero attached hydrogens (tertiary/aromatic N) is 2. The minimum Gasteiger partial charge on any atom is -0.465 e. The van der Waals surface area contributed by atoms with Crippen LogP contribution in [0.5, 0.6) is 0 Å². The minimum absolute atomic E-state index is 0.819. The molecular formula is C21H30N2O. The molecule has 1 fully saturated rings. The molecule has 0 aliphatic carbocycles. The van der Waals surface area contributed by atoms with Crippen LogP contribution in [0.25, 0.3) is 0 Å². The van der Waals surface area contributed by atoms with Gasteiger partial charge in [-0.3, -0.25) is 4.90 Å². The summed E-state index contributed by atoms with van der Waals surface area (Å²) in [6, 6.07) is 13.4. The number of piperidine rings is 1. The molecule has 1 aliphatic heterocycles. The van der Waals surface area contributed by atoms with Gasteiger partial charge in [0.05, 0.1) is 6.54 Å². The number of hydrogen-bond donors (Lipinski definition) is 0. The fourth-order valence-electron chi connectivity index (χ4n) is 3.62. The largest absolute Gasteiger partial charge is 0.465 e. The standard InChI is InChI=1S/C21H30N2O/c1-17-4-9-21(24-17)16-23-12-10-19(11-13-23)14-18-5-7-20(8-6-18)15-22(2)3/h4-9,19H,10-16H2,1-3H3. The van der Waals surface area contributed by atoms with Crippen molar-refractivity contribution in [3.8, 4) is 0 Å². The van der Waals surface area contributed by atoms with Crippen LogP contribution in [0.15, 0.2) is 40.8 Å². The van der Waals surface area contributed by atoms with Crippen molar-refractivity contribution in [1.29, 1.82) is 0 Å². The van der Waals surface area contributed by atoms with Gasteiger partial charge in [-0.25, -0.2) is 0 Å². The van der Waals surface area contributed by atoms with E-state index in [9.17, 15) is 0 Å². The Balaban J connectivity index is 1.45. The second-order valence-corrected chi connectivity index (χ2v) is 7.49. The zero-order valence-electron chi connectivity index (χ0n) is 15.3. The molecule has 0 spiro atoms. The minimum atomic E-state index is 0.819. The van der Waals surface area contributed by atoms with Crippen LogP contribution < -0.4 is 0 Å². The van der Waals surface area contributed by atoms with E-state index in [0.717, 1.165) is 30.5 Å². The van der Waals surface area contributed by atoms with Crippen LogP contribution in [0.3, 0.4) is 0 Å². The number of likely N-dealkylation sites (tertiary alicyclic amines) is 1. The highest BCUT2D eigenvalue weighted by atomic mass is 16.3. The maximum absolute atomic E-state index is 5.70. The van der Waals surface area contributed by atoms with Gasteiger partial charge in [0, 0.05) is 6.54 Å². The van der Waals surface area contributed by atoms with E-state index in [2.05, 4.69) is 60.3 Å². The van der Waals surface area contributed by atoms with Crippen LogP contribution in [0.4, 0.5) is 0 Å². The fraction of sp³-hybridized carbons (Fsp3) is 0.524. The molecule has 24 heavy (non-hydrogen) atoms. The van der Waals surface area contributed by atoms with Crippen LogP contribution >= 0.6 is 0 Å². The number of hydrogen-bond acceptors (Lipinski definition) is 3. The summed E-state index contributed by atoms with van der Waals surface area (Å²) in [6.07, 6.45) is 3.80. The quantitative estimate of drug-likeness (QED) is 0.796. The van der Waals surface area contributed by atoms with Crippen molar-refractivity contribution in [2.24, 2.45) is 5.92 Å². The summed E-state index contributed by atoms with van der Waals surface area (Å²) in [4.78, 5) is 4.74. The monoisotopic (exact) mass is 326 g/mol. The molecule has 3 rings (SSSR count). The first-order chi connectivity index (χ1) is 11.6. The van der Waals surface area contributed by atoms with Crippen molar-refractivity contribution in [2.75, 3.05) is 27.2 Å². The molecule has 3 nitrogen and oxygen atoms in total. The van der Waals surface area contributed by atoms with Crippen molar-refractivity contribution in [2.45, 2.75) is 39.3 Å². The molecule has 0 radical (unpaired) electrons. The predicted molar refractivity (Wildman–Crippen MR) is 99.0 cm³/mol. The second kappa shape index (κ2) is 8.00. The third-order valence-corrected chi connectivity index (χ3v) is 4.93. The van der Waals surface area contributed by atoms with Crippen LogP contribution in [-0.2, 0) is 19.5 Å². The highest BCUT2D eigenvalue weighted by Gasteiger charge is 2.20. The summed E-state index contributed by atoms with van der Waals surface area (Å²) in [7, 11) is 4.23. The van der Waals surface area contributed by atoms with Crippen molar-refractivity contribution >= 4 is 0 Å².